The van der Waals surface area contributed by atoms with Crippen molar-refractivity contribution in [3.63, 3.8) is 0 Å². The summed E-state index contributed by atoms with van der Waals surface area (Å²) in [7, 11) is 0. The first-order chi connectivity index (χ1) is 16.3. The molecular formula is C24H16BrFN2O5S. The minimum atomic E-state index is -0.476. The first kappa shape index (κ1) is 23.7. The molecule has 0 radical (unpaired) electrons. The quantitative estimate of drug-likeness (QED) is 0.197. The predicted octanol–water partition coefficient (Wildman–Crippen LogP) is 6.31. The summed E-state index contributed by atoms with van der Waals surface area (Å²) >= 11 is 4.21. The van der Waals surface area contributed by atoms with Crippen LogP contribution < -0.4 is 4.74 Å². The number of hydrogen-bond acceptors (Lipinski definition) is 6. The van der Waals surface area contributed by atoms with Gasteiger partial charge >= 0.3 is 0 Å². The molecule has 0 N–H and O–H groups in total. The number of nitro benzene ring substituents is 1. The summed E-state index contributed by atoms with van der Waals surface area (Å²) in [5.74, 6) is -0.408. The number of ether oxygens (including phenoxy) is 1. The van der Waals surface area contributed by atoms with Gasteiger partial charge in [-0.2, -0.15) is 0 Å². The Morgan fingerprint density at radius 1 is 1.06 bits per heavy atom. The molecule has 1 aliphatic rings. The molecule has 3 aromatic rings. The Morgan fingerprint density at radius 2 is 1.82 bits per heavy atom. The van der Waals surface area contributed by atoms with Crippen LogP contribution in [0.1, 0.15) is 16.7 Å². The summed E-state index contributed by atoms with van der Waals surface area (Å²) in [5.41, 5.74) is 1.77. The highest BCUT2D eigenvalue weighted by atomic mass is 79.9. The highest BCUT2D eigenvalue weighted by molar-refractivity contribution is 9.10. The van der Waals surface area contributed by atoms with E-state index < -0.39 is 21.9 Å². The minimum Gasteiger partial charge on any atom is -0.488 e. The Hall–Kier alpha value is -3.50. The standard InChI is InChI=1S/C24H16BrFN2O5S/c25-18-6-9-21(33-14-16-2-1-3-20(10-16)28(31)32)17(11-18)12-22-23(29)27(24(30)34-22)13-15-4-7-19(26)8-5-15/h1-12H,13-14H2. The molecule has 10 heteroatoms. The third kappa shape index (κ3) is 5.52. The molecule has 2 amide bonds. The smallest absolute Gasteiger partial charge is 0.293 e. The molecule has 1 saturated heterocycles. The molecule has 34 heavy (non-hydrogen) atoms. The van der Waals surface area contributed by atoms with Crippen LogP contribution in [0.5, 0.6) is 5.75 Å². The predicted molar refractivity (Wildman–Crippen MR) is 129 cm³/mol. The van der Waals surface area contributed by atoms with E-state index in [1.807, 2.05) is 0 Å². The maximum Gasteiger partial charge on any atom is 0.293 e. The topological polar surface area (TPSA) is 89.7 Å². The molecule has 0 saturated carbocycles. The number of carbonyl (C=O) groups excluding carboxylic acids is 2. The van der Waals surface area contributed by atoms with E-state index >= 15 is 0 Å². The fourth-order valence-corrected chi connectivity index (χ4v) is 4.44. The van der Waals surface area contributed by atoms with Crippen LogP contribution in [0.25, 0.3) is 6.08 Å². The lowest BCUT2D eigenvalue weighted by atomic mass is 10.1. The van der Waals surface area contributed by atoms with Crippen LogP contribution in [-0.4, -0.2) is 21.0 Å². The van der Waals surface area contributed by atoms with Crippen molar-refractivity contribution in [3.05, 3.63) is 109 Å². The van der Waals surface area contributed by atoms with Gasteiger partial charge in [0, 0.05) is 22.2 Å². The molecule has 0 aliphatic carbocycles. The van der Waals surface area contributed by atoms with Crippen LogP contribution >= 0.6 is 27.7 Å². The van der Waals surface area contributed by atoms with Gasteiger partial charge in [0.2, 0.25) is 0 Å². The Labute approximate surface area is 206 Å². The normalized spacial score (nSPS) is 14.6. The van der Waals surface area contributed by atoms with E-state index in [0.29, 0.717) is 22.4 Å². The highest BCUT2D eigenvalue weighted by Gasteiger charge is 2.35. The number of carbonyl (C=O) groups is 2. The molecule has 0 spiro atoms. The third-order valence-corrected chi connectivity index (χ3v) is 6.30. The first-order valence-electron chi connectivity index (χ1n) is 9.95. The fourth-order valence-electron chi connectivity index (χ4n) is 3.23. The average molecular weight is 543 g/mol. The van der Waals surface area contributed by atoms with Crippen molar-refractivity contribution in [2.45, 2.75) is 13.2 Å². The van der Waals surface area contributed by atoms with Crippen LogP contribution in [0.4, 0.5) is 14.9 Å². The van der Waals surface area contributed by atoms with E-state index in [1.54, 1.807) is 36.4 Å². The molecule has 0 bridgehead atoms. The number of nitrogens with zero attached hydrogens (tertiary/aromatic N) is 2. The molecule has 1 heterocycles. The maximum atomic E-state index is 13.1. The first-order valence-corrected chi connectivity index (χ1v) is 11.6. The number of non-ortho nitro benzene ring substituents is 1. The monoisotopic (exact) mass is 542 g/mol. The summed E-state index contributed by atoms with van der Waals surface area (Å²) in [5, 5.41) is 10.6. The van der Waals surface area contributed by atoms with Gasteiger partial charge < -0.3 is 4.74 Å². The zero-order valence-electron chi connectivity index (χ0n) is 17.4. The molecule has 172 valence electrons. The van der Waals surface area contributed by atoms with Crippen LogP contribution in [0, 0.1) is 15.9 Å². The number of amides is 2. The molecule has 0 atom stereocenters. The van der Waals surface area contributed by atoms with Crippen LogP contribution in [0.2, 0.25) is 0 Å². The third-order valence-electron chi connectivity index (χ3n) is 4.90. The van der Waals surface area contributed by atoms with E-state index in [9.17, 15) is 24.1 Å². The molecule has 1 fully saturated rings. The molecular weight excluding hydrogens is 527 g/mol. The van der Waals surface area contributed by atoms with Crippen molar-refractivity contribution in [1.29, 1.82) is 0 Å². The van der Waals surface area contributed by atoms with Gasteiger partial charge in [-0.05, 0) is 59.3 Å². The van der Waals surface area contributed by atoms with Gasteiger partial charge in [-0.15, -0.1) is 0 Å². The fraction of sp³-hybridized carbons (Fsp3) is 0.0833. The van der Waals surface area contributed by atoms with E-state index in [-0.39, 0.29) is 23.7 Å². The molecule has 0 aromatic heterocycles. The van der Waals surface area contributed by atoms with Crippen LogP contribution in [0.3, 0.4) is 0 Å². The van der Waals surface area contributed by atoms with Gasteiger partial charge in [0.15, 0.2) is 0 Å². The summed E-state index contributed by atoms with van der Waals surface area (Å²) in [4.78, 5) is 37.2. The lowest BCUT2D eigenvalue weighted by molar-refractivity contribution is -0.384. The van der Waals surface area contributed by atoms with E-state index in [2.05, 4.69) is 15.9 Å². The van der Waals surface area contributed by atoms with Crippen molar-refractivity contribution < 1.29 is 23.6 Å². The number of thioether (sulfide) groups is 1. The lowest BCUT2D eigenvalue weighted by Gasteiger charge is -2.12. The minimum absolute atomic E-state index is 0.0352. The van der Waals surface area contributed by atoms with Gasteiger partial charge in [0.1, 0.15) is 18.2 Å². The Bertz CT molecular complexity index is 1310. The molecule has 0 unspecified atom stereocenters. The second-order valence-corrected chi connectivity index (χ2v) is 9.20. The van der Waals surface area contributed by atoms with Crippen molar-refractivity contribution in [2.24, 2.45) is 0 Å². The number of benzene rings is 3. The van der Waals surface area contributed by atoms with Crippen molar-refractivity contribution in [1.82, 2.24) is 4.90 Å². The Morgan fingerprint density at radius 3 is 2.56 bits per heavy atom. The number of hydrogen-bond donors (Lipinski definition) is 0. The van der Waals surface area contributed by atoms with Crippen molar-refractivity contribution in [3.8, 4) is 5.75 Å². The second kappa shape index (κ2) is 10.2. The zero-order chi connectivity index (χ0) is 24.2. The summed E-state index contributed by atoms with van der Waals surface area (Å²) in [6.07, 6.45) is 1.57. The van der Waals surface area contributed by atoms with Crippen molar-refractivity contribution in [2.75, 3.05) is 0 Å². The maximum absolute atomic E-state index is 13.1. The van der Waals surface area contributed by atoms with Gasteiger partial charge in [-0.1, -0.05) is 40.2 Å². The average Bonchev–Trinajstić information content (AvgIpc) is 3.07. The van der Waals surface area contributed by atoms with E-state index in [0.717, 1.165) is 21.1 Å². The Kier molecular flexibility index (Phi) is 7.09. The number of rotatable bonds is 7. The number of imide groups is 1. The highest BCUT2D eigenvalue weighted by Crippen LogP contribution is 2.36. The van der Waals surface area contributed by atoms with Crippen molar-refractivity contribution >= 4 is 50.6 Å². The van der Waals surface area contributed by atoms with Gasteiger partial charge in [-0.25, -0.2) is 4.39 Å². The lowest BCUT2D eigenvalue weighted by Crippen LogP contribution is -2.27. The van der Waals surface area contributed by atoms with E-state index in [4.69, 9.17) is 4.74 Å². The molecule has 3 aromatic carbocycles. The van der Waals surface area contributed by atoms with Crippen LogP contribution in [-0.2, 0) is 17.9 Å². The molecule has 1 aliphatic heterocycles. The van der Waals surface area contributed by atoms with Crippen LogP contribution in [0.15, 0.2) is 76.1 Å². The molecule has 7 nitrogen and oxygen atoms in total. The SMILES string of the molecule is O=C1SC(=Cc2cc(Br)ccc2OCc2cccc([N+](=O)[O-])c2)C(=O)N1Cc1ccc(F)cc1. The second-order valence-electron chi connectivity index (χ2n) is 7.29. The number of nitro groups is 1. The molecule has 4 rings (SSSR count). The number of halogens is 2. The van der Waals surface area contributed by atoms with Gasteiger partial charge in [-0.3, -0.25) is 24.6 Å². The summed E-state index contributed by atoms with van der Waals surface area (Å²) in [6, 6.07) is 16.9. The zero-order valence-corrected chi connectivity index (χ0v) is 19.8. The van der Waals surface area contributed by atoms with Gasteiger partial charge in [0.05, 0.1) is 16.4 Å². The summed E-state index contributed by atoms with van der Waals surface area (Å²) in [6.45, 7) is 0.118. The largest absolute Gasteiger partial charge is 0.488 e. The summed E-state index contributed by atoms with van der Waals surface area (Å²) < 4.78 is 19.8. The van der Waals surface area contributed by atoms with Gasteiger partial charge in [0.25, 0.3) is 16.8 Å². The Balaban J connectivity index is 1.54. The van der Waals surface area contributed by atoms with E-state index in [1.165, 1.54) is 36.4 Å².